The predicted octanol–water partition coefficient (Wildman–Crippen LogP) is 2.40. The molecule has 0 spiro atoms. The van der Waals surface area contributed by atoms with E-state index in [0.717, 1.165) is 25.9 Å². The van der Waals surface area contributed by atoms with Gasteiger partial charge in [0.05, 0.1) is 0 Å². The zero-order valence-corrected chi connectivity index (χ0v) is 8.66. The van der Waals surface area contributed by atoms with Crippen LogP contribution in [0.25, 0.3) is 0 Å². The summed E-state index contributed by atoms with van der Waals surface area (Å²) in [5.74, 6) is 0.509. The molecule has 1 N–H and O–H groups in total. The fraction of sp³-hybridized carbons (Fsp3) is 1.00. The molecule has 0 bridgehead atoms. The Morgan fingerprint density at radius 1 is 1.25 bits per heavy atom. The monoisotopic (exact) mass is 195 g/mol. The first-order chi connectivity index (χ1) is 5.22. The molecule has 12 heavy (non-hydrogen) atoms. The Hall–Kier alpha value is 0.180. The van der Waals surface area contributed by atoms with E-state index in [9.17, 15) is 4.39 Å². The molecule has 1 aliphatic rings. The largest absolute Gasteiger partial charge is 0.317 e. The molecule has 0 saturated carbocycles. The Morgan fingerprint density at radius 3 is 2.17 bits per heavy atom. The SMILES string of the molecule is CC(C)C(F)C1CCNCC1.Cl. The Labute approximate surface area is 80.5 Å². The summed E-state index contributed by atoms with van der Waals surface area (Å²) < 4.78 is 13.4. The maximum absolute atomic E-state index is 13.4. The second-order valence-electron chi connectivity index (χ2n) is 3.78. The maximum atomic E-state index is 13.4. The molecular formula is C9H19ClFN. The summed E-state index contributed by atoms with van der Waals surface area (Å²) in [5.41, 5.74) is 0. The van der Waals surface area contributed by atoms with Crippen molar-refractivity contribution in [2.24, 2.45) is 11.8 Å². The van der Waals surface area contributed by atoms with Crippen molar-refractivity contribution >= 4 is 12.4 Å². The minimum atomic E-state index is -0.586. The van der Waals surface area contributed by atoms with Crippen LogP contribution in [0.1, 0.15) is 26.7 Å². The topological polar surface area (TPSA) is 12.0 Å². The highest BCUT2D eigenvalue weighted by Gasteiger charge is 2.25. The van der Waals surface area contributed by atoms with Gasteiger partial charge in [-0.05, 0) is 37.8 Å². The maximum Gasteiger partial charge on any atom is 0.105 e. The lowest BCUT2D eigenvalue weighted by atomic mass is 9.87. The van der Waals surface area contributed by atoms with Crippen LogP contribution in [0.3, 0.4) is 0 Å². The predicted molar refractivity (Wildman–Crippen MR) is 52.6 cm³/mol. The van der Waals surface area contributed by atoms with Crippen LogP contribution in [0.5, 0.6) is 0 Å². The lowest BCUT2D eigenvalue weighted by molar-refractivity contribution is 0.140. The van der Waals surface area contributed by atoms with Crippen LogP contribution < -0.4 is 5.32 Å². The highest BCUT2D eigenvalue weighted by Crippen LogP contribution is 2.24. The molecule has 0 radical (unpaired) electrons. The molecule has 0 aromatic rings. The molecule has 1 unspecified atom stereocenters. The molecule has 1 rings (SSSR count). The van der Waals surface area contributed by atoms with E-state index >= 15 is 0 Å². The van der Waals surface area contributed by atoms with Gasteiger partial charge in [0, 0.05) is 0 Å². The number of hydrogen-bond acceptors (Lipinski definition) is 1. The quantitative estimate of drug-likeness (QED) is 0.714. The van der Waals surface area contributed by atoms with Crippen molar-refractivity contribution in [3.8, 4) is 0 Å². The van der Waals surface area contributed by atoms with Gasteiger partial charge in [-0.15, -0.1) is 12.4 Å². The van der Waals surface area contributed by atoms with E-state index in [1.54, 1.807) is 0 Å². The van der Waals surface area contributed by atoms with Crippen molar-refractivity contribution in [1.29, 1.82) is 0 Å². The molecule has 1 heterocycles. The van der Waals surface area contributed by atoms with Gasteiger partial charge in [-0.2, -0.15) is 0 Å². The van der Waals surface area contributed by atoms with E-state index in [4.69, 9.17) is 0 Å². The molecule has 1 atom stereocenters. The number of halogens is 2. The van der Waals surface area contributed by atoms with Gasteiger partial charge in [-0.25, -0.2) is 4.39 Å². The van der Waals surface area contributed by atoms with Crippen LogP contribution >= 0.6 is 12.4 Å². The highest BCUT2D eigenvalue weighted by molar-refractivity contribution is 5.85. The lowest BCUT2D eigenvalue weighted by Gasteiger charge is -2.27. The van der Waals surface area contributed by atoms with Gasteiger partial charge in [0.1, 0.15) is 6.17 Å². The van der Waals surface area contributed by atoms with Crippen molar-refractivity contribution in [3.05, 3.63) is 0 Å². The van der Waals surface area contributed by atoms with E-state index in [0.29, 0.717) is 5.92 Å². The van der Waals surface area contributed by atoms with Crippen LogP contribution in [0.4, 0.5) is 4.39 Å². The highest BCUT2D eigenvalue weighted by atomic mass is 35.5. The number of rotatable bonds is 2. The molecule has 1 nitrogen and oxygen atoms in total. The van der Waals surface area contributed by atoms with Gasteiger partial charge < -0.3 is 5.32 Å². The van der Waals surface area contributed by atoms with Gasteiger partial charge in [-0.1, -0.05) is 13.8 Å². The standard InChI is InChI=1S/C9H18FN.ClH/c1-7(2)9(10)8-3-5-11-6-4-8;/h7-9,11H,3-6H2,1-2H3;1H. The fourth-order valence-electron chi connectivity index (χ4n) is 1.71. The third-order valence-electron chi connectivity index (χ3n) is 2.47. The first-order valence-corrected chi connectivity index (χ1v) is 4.56. The van der Waals surface area contributed by atoms with Gasteiger partial charge in [0.25, 0.3) is 0 Å². The minimum Gasteiger partial charge on any atom is -0.317 e. The number of piperidine rings is 1. The number of hydrogen-bond donors (Lipinski definition) is 1. The van der Waals surface area contributed by atoms with Crippen LogP contribution in [0, 0.1) is 11.8 Å². The molecule has 1 saturated heterocycles. The molecule has 3 heteroatoms. The Balaban J connectivity index is 0.00000121. The van der Waals surface area contributed by atoms with Crippen molar-refractivity contribution in [1.82, 2.24) is 5.32 Å². The fourth-order valence-corrected chi connectivity index (χ4v) is 1.71. The van der Waals surface area contributed by atoms with Crippen LogP contribution in [-0.4, -0.2) is 19.3 Å². The second-order valence-corrected chi connectivity index (χ2v) is 3.78. The number of alkyl halides is 1. The van der Waals surface area contributed by atoms with Gasteiger partial charge in [0.2, 0.25) is 0 Å². The second kappa shape index (κ2) is 5.76. The molecular weight excluding hydrogens is 177 g/mol. The summed E-state index contributed by atoms with van der Waals surface area (Å²) in [6.45, 7) is 5.93. The first-order valence-electron chi connectivity index (χ1n) is 4.56. The normalized spacial score (nSPS) is 22.0. The molecule has 0 amide bonds. The molecule has 74 valence electrons. The molecule has 1 fully saturated rings. The zero-order valence-electron chi connectivity index (χ0n) is 7.85. The average molecular weight is 196 g/mol. The Morgan fingerprint density at radius 2 is 1.75 bits per heavy atom. The smallest absolute Gasteiger partial charge is 0.105 e. The van der Waals surface area contributed by atoms with Crippen molar-refractivity contribution in [3.63, 3.8) is 0 Å². The van der Waals surface area contributed by atoms with Crippen LogP contribution in [0.15, 0.2) is 0 Å². The summed E-state index contributed by atoms with van der Waals surface area (Å²) in [7, 11) is 0. The summed E-state index contributed by atoms with van der Waals surface area (Å²) in [6.07, 6.45) is 1.44. The van der Waals surface area contributed by atoms with Crippen LogP contribution in [-0.2, 0) is 0 Å². The van der Waals surface area contributed by atoms with E-state index in [1.807, 2.05) is 13.8 Å². The van der Waals surface area contributed by atoms with Crippen LogP contribution in [0.2, 0.25) is 0 Å². The molecule has 1 aliphatic heterocycles. The third-order valence-corrected chi connectivity index (χ3v) is 2.47. The summed E-state index contributed by atoms with van der Waals surface area (Å²) in [5, 5.41) is 3.24. The summed E-state index contributed by atoms with van der Waals surface area (Å²) in [4.78, 5) is 0. The summed E-state index contributed by atoms with van der Waals surface area (Å²) >= 11 is 0. The van der Waals surface area contributed by atoms with Crippen molar-refractivity contribution in [2.75, 3.05) is 13.1 Å². The van der Waals surface area contributed by atoms with Gasteiger partial charge in [-0.3, -0.25) is 0 Å². The Kier molecular flexibility index (Phi) is 5.85. The van der Waals surface area contributed by atoms with Crippen molar-refractivity contribution in [2.45, 2.75) is 32.9 Å². The lowest BCUT2D eigenvalue weighted by Crippen LogP contribution is -2.34. The molecule has 0 aromatic heterocycles. The first kappa shape index (κ1) is 12.2. The van der Waals surface area contributed by atoms with E-state index in [-0.39, 0.29) is 18.3 Å². The minimum absolute atomic E-state index is 0. The van der Waals surface area contributed by atoms with E-state index in [1.165, 1.54) is 0 Å². The van der Waals surface area contributed by atoms with Crippen molar-refractivity contribution < 1.29 is 4.39 Å². The third kappa shape index (κ3) is 3.28. The zero-order chi connectivity index (χ0) is 8.27. The molecule has 0 aliphatic carbocycles. The average Bonchev–Trinajstić information content (AvgIpc) is 2.05. The van der Waals surface area contributed by atoms with E-state index < -0.39 is 6.17 Å². The van der Waals surface area contributed by atoms with E-state index in [2.05, 4.69) is 5.32 Å². The van der Waals surface area contributed by atoms with Gasteiger partial charge >= 0.3 is 0 Å². The number of nitrogens with one attached hydrogen (secondary N) is 1. The molecule has 0 aromatic carbocycles. The summed E-state index contributed by atoms with van der Waals surface area (Å²) in [6, 6.07) is 0. The Bertz CT molecular complexity index is 113. The van der Waals surface area contributed by atoms with Gasteiger partial charge in [0.15, 0.2) is 0 Å².